The summed E-state index contributed by atoms with van der Waals surface area (Å²) in [6.45, 7) is 31.7. The molecule has 1 aromatic carbocycles. The zero-order valence-corrected chi connectivity index (χ0v) is 52.2. The number of benzene rings is 1. The Labute approximate surface area is 456 Å². The highest BCUT2D eigenvalue weighted by Crippen LogP contribution is 2.65. The smallest absolute Gasteiger partial charge is 0.337 e. The van der Waals surface area contributed by atoms with Gasteiger partial charge in [-0.2, -0.15) is 11.8 Å². The molecule has 2 aliphatic heterocycles. The van der Waals surface area contributed by atoms with Crippen LogP contribution in [0.15, 0.2) is 41.5 Å². The summed E-state index contributed by atoms with van der Waals surface area (Å²) in [5, 5.41) is 17.4. The molecular weight excluding hydrogens is 1020 g/mol. The lowest BCUT2D eigenvalue weighted by Gasteiger charge is -2.68. The highest BCUT2D eigenvalue weighted by Gasteiger charge is 2.79. The number of ketones is 1. The second kappa shape index (κ2) is 23.6. The number of aliphatic hydroxyl groups is 1. The molecule has 1 amide bonds. The van der Waals surface area contributed by atoms with Gasteiger partial charge in [-0.15, -0.1) is 0 Å². The standard InChI is InChI=1S/C57H93NO13SSi3/c1-17-74(18-2,19-3)69-41-34-42-56(36-65-42,68-38(8)59)49-51-57(64)35-40(37(7)45(54(57,12)13)47(50(62)55(41,49)14)71-75(20-4,21-5)22-6)66-52(63)48(70-73(15,16)53(9,10)11)46(39-28-24-23-25-29-39)58-43(60)30-26-32-72-33-27-31-44(61)67-51/h23-25,28-29,40-42,46-49,51,64H,17-22,26-27,30-36H2,1-16H3,(H,58,60)/t40-,41-,42+,46+,47-,48-,49-,51+,55+,56+,57+/m0/s1. The molecule has 0 spiro atoms. The monoisotopic (exact) mass is 1120 g/mol. The highest BCUT2D eigenvalue weighted by atomic mass is 32.2. The third-order valence-corrected chi connectivity index (χ3v) is 34.2. The van der Waals surface area contributed by atoms with Crippen molar-refractivity contribution in [1.29, 1.82) is 0 Å². The summed E-state index contributed by atoms with van der Waals surface area (Å²) in [4.78, 5) is 75.5. The fraction of sp³-hybridized carbons (Fsp3) is 0.772. The third kappa shape index (κ3) is 11.5. The minimum absolute atomic E-state index is 0.00938. The topological polar surface area (TPSA) is 182 Å². The zero-order chi connectivity index (χ0) is 55.7. The Kier molecular flexibility index (Phi) is 19.3. The van der Waals surface area contributed by atoms with Crippen molar-refractivity contribution >= 4 is 66.3 Å². The molecule has 2 saturated carbocycles. The maximum absolute atomic E-state index is 17.1. The molecule has 3 aliphatic carbocycles. The molecule has 0 aromatic heterocycles. The van der Waals surface area contributed by atoms with Crippen molar-refractivity contribution in [3.63, 3.8) is 0 Å². The second-order valence-corrected chi connectivity index (χ2v) is 40.0. The number of carbonyl (C=O) groups is 5. The van der Waals surface area contributed by atoms with Crippen molar-refractivity contribution < 1.29 is 61.3 Å². The molecule has 0 radical (unpaired) electrons. The Morgan fingerprint density at radius 3 is 1.95 bits per heavy atom. The Morgan fingerprint density at radius 1 is 0.840 bits per heavy atom. The zero-order valence-electron chi connectivity index (χ0n) is 48.4. The molecule has 4 fully saturated rings. The number of fused-ring (bicyclic) bond motifs is 6. The van der Waals surface area contributed by atoms with Crippen LogP contribution in [-0.2, 0) is 56.2 Å². The summed E-state index contributed by atoms with van der Waals surface area (Å²) in [5.74, 6) is -2.50. The van der Waals surface area contributed by atoms with E-state index in [1.54, 1.807) is 11.8 Å². The van der Waals surface area contributed by atoms with Gasteiger partial charge in [0.05, 0.1) is 30.1 Å². The van der Waals surface area contributed by atoms with Gasteiger partial charge in [0.2, 0.25) is 5.91 Å². The van der Waals surface area contributed by atoms with Crippen LogP contribution in [0.4, 0.5) is 0 Å². The maximum Gasteiger partial charge on any atom is 0.337 e. The molecule has 18 heteroatoms. The average molecular weight is 1120 g/mol. The molecule has 6 rings (SSSR count). The molecule has 3 bridgehead atoms. The molecule has 2 heterocycles. The van der Waals surface area contributed by atoms with Crippen molar-refractivity contribution in [3.8, 4) is 0 Å². The Balaban J connectivity index is 1.72. The highest BCUT2D eigenvalue weighted by molar-refractivity contribution is 7.99. The largest absolute Gasteiger partial charge is 0.459 e. The van der Waals surface area contributed by atoms with Crippen molar-refractivity contribution in [3.05, 3.63) is 47.0 Å². The van der Waals surface area contributed by atoms with Crippen LogP contribution in [0.2, 0.25) is 54.4 Å². The predicted molar refractivity (Wildman–Crippen MR) is 301 cm³/mol. The summed E-state index contributed by atoms with van der Waals surface area (Å²) < 4.78 is 49.2. The fourth-order valence-corrected chi connectivity index (χ4v) is 20.7. The minimum atomic E-state index is -2.84. The molecule has 75 heavy (non-hydrogen) atoms. The van der Waals surface area contributed by atoms with E-state index in [9.17, 15) is 19.5 Å². The van der Waals surface area contributed by atoms with E-state index < -0.39 is 113 Å². The van der Waals surface area contributed by atoms with Gasteiger partial charge < -0.3 is 42.6 Å². The van der Waals surface area contributed by atoms with Crippen LogP contribution in [-0.4, -0.2) is 126 Å². The molecule has 2 saturated heterocycles. The van der Waals surface area contributed by atoms with Gasteiger partial charge in [-0.1, -0.05) is 106 Å². The van der Waals surface area contributed by atoms with Crippen molar-refractivity contribution in [2.24, 2.45) is 16.7 Å². The van der Waals surface area contributed by atoms with Crippen LogP contribution >= 0.6 is 11.8 Å². The Hall–Kier alpha value is -2.69. The van der Waals surface area contributed by atoms with E-state index in [-0.39, 0.29) is 49.0 Å². The second-order valence-electron chi connectivity index (χ2n) is 24.6. The average Bonchev–Trinajstić information content (AvgIpc) is 3.35. The van der Waals surface area contributed by atoms with Gasteiger partial charge in [-0.05, 0) is 109 Å². The number of hydrogen-bond donors (Lipinski definition) is 2. The summed E-state index contributed by atoms with van der Waals surface area (Å²) in [6, 6.07) is 12.8. The number of Topliss-reactive ketones (excluding diaryl/α,β-unsaturated/α-hetero) is 1. The van der Waals surface area contributed by atoms with Crippen LogP contribution in [0.3, 0.4) is 0 Å². The number of esters is 3. The number of amides is 1. The van der Waals surface area contributed by atoms with E-state index in [1.165, 1.54) is 6.92 Å². The van der Waals surface area contributed by atoms with Crippen LogP contribution in [0.1, 0.15) is 147 Å². The van der Waals surface area contributed by atoms with E-state index in [4.69, 9.17) is 32.2 Å². The normalized spacial score (nSPS) is 33.5. The van der Waals surface area contributed by atoms with Gasteiger partial charge in [0.1, 0.15) is 30.0 Å². The van der Waals surface area contributed by atoms with Crippen LogP contribution in [0, 0.1) is 16.7 Å². The first-order valence-electron chi connectivity index (χ1n) is 28.2. The summed E-state index contributed by atoms with van der Waals surface area (Å²) >= 11 is 1.62. The quantitative estimate of drug-likeness (QED) is 0.0777. The van der Waals surface area contributed by atoms with Crippen LogP contribution in [0.5, 0.6) is 0 Å². The lowest BCUT2D eigenvalue weighted by atomic mass is 9.44. The van der Waals surface area contributed by atoms with Gasteiger partial charge in [0, 0.05) is 38.0 Å². The van der Waals surface area contributed by atoms with Gasteiger partial charge in [0.15, 0.2) is 42.4 Å². The molecular formula is C57H93NO13SSi3. The first kappa shape index (κ1) is 61.5. The Morgan fingerprint density at radius 2 is 1.41 bits per heavy atom. The molecule has 5 aliphatic rings. The van der Waals surface area contributed by atoms with Gasteiger partial charge in [0.25, 0.3) is 0 Å². The van der Waals surface area contributed by atoms with Crippen molar-refractivity contribution in [1.82, 2.24) is 5.32 Å². The first-order chi connectivity index (χ1) is 35.1. The van der Waals surface area contributed by atoms with Gasteiger partial charge >= 0.3 is 17.9 Å². The van der Waals surface area contributed by atoms with E-state index in [0.29, 0.717) is 59.2 Å². The summed E-state index contributed by atoms with van der Waals surface area (Å²) in [6.07, 6.45) is -5.83. The number of thioether (sulfide) groups is 1. The third-order valence-electron chi connectivity index (χ3n) is 19.4. The van der Waals surface area contributed by atoms with E-state index in [0.717, 1.165) is 18.1 Å². The molecule has 14 nitrogen and oxygen atoms in total. The molecule has 2 N–H and O–H groups in total. The lowest BCUT2D eigenvalue weighted by molar-refractivity contribution is -0.346. The van der Waals surface area contributed by atoms with E-state index >= 15 is 9.59 Å². The van der Waals surface area contributed by atoms with Crippen LogP contribution in [0.25, 0.3) is 0 Å². The number of nitrogens with one attached hydrogen (secondary N) is 1. The Bertz CT molecular complexity index is 2250. The van der Waals surface area contributed by atoms with Gasteiger partial charge in [-0.3, -0.25) is 19.2 Å². The van der Waals surface area contributed by atoms with Crippen molar-refractivity contribution in [2.75, 3.05) is 18.1 Å². The van der Waals surface area contributed by atoms with E-state index in [1.807, 2.05) is 71.1 Å². The molecule has 0 unspecified atom stereocenters. The molecule has 422 valence electrons. The van der Waals surface area contributed by atoms with Crippen molar-refractivity contribution in [2.45, 2.75) is 244 Å². The SMILES string of the molecule is CC[Si](CC)(CC)O[C@@H]1C(=O)[C@]2(C)[C@@H](O[Si](CC)(CC)CC)C[C@H]3OC[C@]3(OC(C)=O)[C@H]2[C@H]2OC(=O)CCCSCCCC(=O)N[C@H](c3ccccc3)[C@H](O[Si](C)(C)C(C)(C)C)C(=O)O[C@H]3C[C@]2(O)C(C)(C)C1=C3C. The lowest BCUT2D eigenvalue weighted by Crippen LogP contribution is -2.82. The fourth-order valence-electron chi connectivity index (χ4n) is 12.9. The predicted octanol–water partition coefficient (Wildman–Crippen LogP) is 10.9. The molecule has 1 aromatic rings. The van der Waals surface area contributed by atoms with Gasteiger partial charge in [-0.25, -0.2) is 4.79 Å². The van der Waals surface area contributed by atoms with E-state index in [2.05, 4.69) is 67.6 Å². The number of hydrogen-bond acceptors (Lipinski definition) is 14. The maximum atomic E-state index is 17.1. The number of rotatable bonds is 14. The number of carbonyl (C=O) groups excluding carboxylic acids is 5. The molecule has 11 atom stereocenters. The minimum Gasteiger partial charge on any atom is -0.459 e. The summed E-state index contributed by atoms with van der Waals surface area (Å²) in [5.41, 5.74) is -5.03. The van der Waals surface area contributed by atoms with Crippen LogP contribution < -0.4 is 5.32 Å². The summed E-state index contributed by atoms with van der Waals surface area (Å²) in [7, 11) is -8.18. The first-order valence-corrected chi connectivity index (χ1v) is 37.3. The number of ether oxygens (including phenoxy) is 4.